The van der Waals surface area contributed by atoms with Gasteiger partial charge < -0.3 is 28.4 Å². The summed E-state index contributed by atoms with van der Waals surface area (Å²) in [6.45, 7) is 0. The molecule has 0 N–H and O–H groups in total. The third kappa shape index (κ3) is 12.2. The average Bonchev–Trinajstić information content (AvgIpc) is 3.32. The van der Waals surface area contributed by atoms with E-state index in [1.807, 2.05) is 24.3 Å². The molecule has 0 unspecified atom stereocenters. The number of fused-ring (bicyclic) bond motifs is 2. The van der Waals surface area contributed by atoms with Gasteiger partial charge in [-0.15, -0.1) is 0 Å². The summed E-state index contributed by atoms with van der Waals surface area (Å²) in [5.74, 6) is 0.286. The van der Waals surface area contributed by atoms with Gasteiger partial charge in [0.05, 0.1) is 36.5 Å². The average molecular weight is 827 g/mol. The van der Waals surface area contributed by atoms with Gasteiger partial charge in [-0.2, -0.15) is 0 Å². The zero-order chi connectivity index (χ0) is 43.7. The SMILES string of the molecule is COC(=O)c1ccc2cc(C(=O)OC)ccc2c1.O=C(Oc1ccccc1)Oc1ccccc1.O=C(Oc1ccccc1)c1ccc2cc(C(=O)Oc3ccccc3)ccc2c1. The first-order chi connectivity index (χ1) is 30.2. The molecule has 0 fully saturated rings. The summed E-state index contributed by atoms with van der Waals surface area (Å²) in [5.41, 5.74) is 1.85. The van der Waals surface area contributed by atoms with E-state index in [-0.39, 0.29) is 11.9 Å². The number of methoxy groups -OCH3 is 2. The van der Waals surface area contributed by atoms with Crippen LogP contribution in [0.5, 0.6) is 23.0 Å². The summed E-state index contributed by atoms with van der Waals surface area (Å²) >= 11 is 0. The topological polar surface area (TPSA) is 141 Å². The second-order valence-corrected chi connectivity index (χ2v) is 13.0. The predicted octanol–water partition coefficient (Wildman–Crippen LogP) is 11.0. The summed E-state index contributed by atoms with van der Waals surface area (Å²) in [6, 6.07) is 56.1. The Balaban J connectivity index is 0.000000164. The van der Waals surface area contributed by atoms with Crippen molar-refractivity contribution in [2.24, 2.45) is 0 Å². The van der Waals surface area contributed by atoms with Crippen molar-refractivity contribution in [1.82, 2.24) is 0 Å². The van der Waals surface area contributed by atoms with Crippen LogP contribution in [0.2, 0.25) is 0 Å². The highest BCUT2D eigenvalue weighted by Gasteiger charge is 2.13. The fourth-order valence-corrected chi connectivity index (χ4v) is 5.73. The molecular weight excluding hydrogens is 789 g/mol. The number of benzene rings is 8. The highest BCUT2D eigenvalue weighted by Crippen LogP contribution is 2.22. The van der Waals surface area contributed by atoms with Crippen molar-refractivity contribution >= 4 is 51.6 Å². The molecule has 11 heteroatoms. The fourth-order valence-electron chi connectivity index (χ4n) is 5.73. The summed E-state index contributed by atoms with van der Waals surface area (Å²) in [7, 11) is 2.68. The molecule has 0 spiro atoms. The normalized spacial score (nSPS) is 10.1. The number of ether oxygens (including phenoxy) is 6. The van der Waals surface area contributed by atoms with Gasteiger partial charge in [-0.05, 0) is 119 Å². The maximum atomic E-state index is 12.3. The molecule has 8 aromatic rings. The lowest BCUT2D eigenvalue weighted by Gasteiger charge is -2.07. The van der Waals surface area contributed by atoms with E-state index in [0.717, 1.165) is 21.5 Å². The third-order valence-electron chi connectivity index (χ3n) is 8.79. The lowest BCUT2D eigenvalue weighted by molar-refractivity contribution is 0.0591. The van der Waals surface area contributed by atoms with Crippen LogP contribution < -0.4 is 18.9 Å². The maximum Gasteiger partial charge on any atom is 0.519 e. The van der Waals surface area contributed by atoms with Crippen LogP contribution in [0.25, 0.3) is 21.5 Å². The first kappa shape index (κ1) is 43.0. The first-order valence-electron chi connectivity index (χ1n) is 19.0. The zero-order valence-electron chi connectivity index (χ0n) is 33.5. The molecule has 11 nitrogen and oxygen atoms in total. The highest BCUT2D eigenvalue weighted by atomic mass is 16.7. The summed E-state index contributed by atoms with van der Waals surface area (Å²) in [4.78, 5) is 58.8. The van der Waals surface area contributed by atoms with Crippen molar-refractivity contribution in [3.63, 3.8) is 0 Å². The van der Waals surface area contributed by atoms with Crippen molar-refractivity contribution in [3.05, 3.63) is 216 Å². The molecule has 0 saturated heterocycles. The molecule has 0 saturated carbocycles. The molecule has 0 aliphatic heterocycles. The number of esters is 4. The largest absolute Gasteiger partial charge is 0.519 e. The van der Waals surface area contributed by atoms with E-state index in [4.69, 9.17) is 18.9 Å². The number of carbonyl (C=O) groups is 5. The number of rotatable bonds is 8. The van der Waals surface area contributed by atoms with Gasteiger partial charge in [0, 0.05) is 0 Å². The quantitative estimate of drug-likeness (QED) is 0.0821. The Bertz CT molecular complexity index is 2600. The fraction of sp³-hybridized carbons (Fsp3) is 0.0392. The molecule has 0 bridgehead atoms. The first-order valence-corrected chi connectivity index (χ1v) is 19.0. The molecule has 8 aromatic carbocycles. The van der Waals surface area contributed by atoms with Crippen LogP contribution in [-0.4, -0.2) is 44.3 Å². The van der Waals surface area contributed by atoms with Gasteiger partial charge in [0.1, 0.15) is 23.0 Å². The van der Waals surface area contributed by atoms with Crippen molar-refractivity contribution < 1.29 is 52.4 Å². The van der Waals surface area contributed by atoms with Gasteiger partial charge in [-0.1, -0.05) is 97.1 Å². The van der Waals surface area contributed by atoms with Crippen LogP contribution in [0.1, 0.15) is 41.4 Å². The minimum absolute atomic E-state index is 0.381. The van der Waals surface area contributed by atoms with E-state index in [1.165, 1.54) is 14.2 Å². The molecule has 308 valence electrons. The Morgan fingerprint density at radius 3 is 0.790 bits per heavy atom. The van der Waals surface area contributed by atoms with Crippen molar-refractivity contribution in [2.45, 2.75) is 0 Å². The minimum atomic E-state index is -0.739. The number of hydrogen-bond acceptors (Lipinski definition) is 11. The smallest absolute Gasteiger partial charge is 0.465 e. The Labute approximate surface area is 356 Å². The van der Waals surface area contributed by atoms with E-state index in [0.29, 0.717) is 45.3 Å². The van der Waals surface area contributed by atoms with E-state index in [2.05, 4.69) is 9.47 Å². The van der Waals surface area contributed by atoms with Crippen molar-refractivity contribution in [1.29, 1.82) is 0 Å². The van der Waals surface area contributed by atoms with Gasteiger partial charge >= 0.3 is 30.0 Å². The van der Waals surface area contributed by atoms with Crippen LogP contribution in [-0.2, 0) is 9.47 Å². The number of para-hydroxylation sites is 4. The van der Waals surface area contributed by atoms with Crippen LogP contribution >= 0.6 is 0 Å². The van der Waals surface area contributed by atoms with Crippen LogP contribution in [0.15, 0.2) is 194 Å². The van der Waals surface area contributed by atoms with E-state index in [9.17, 15) is 24.0 Å². The molecule has 0 aliphatic rings. The lowest BCUT2D eigenvalue weighted by atomic mass is 10.0. The van der Waals surface area contributed by atoms with E-state index < -0.39 is 18.1 Å². The Morgan fingerprint density at radius 2 is 0.532 bits per heavy atom. The maximum absolute atomic E-state index is 12.3. The van der Waals surface area contributed by atoms with Crippen molar-refractivity contribution in [2.75, 3.05) is 14.2 Å². The van der Waals surface area contributed by atoms with Crippen molar-refractivity contribution in [3.8, 4) is 23.0 Å². The summed E-state index contributed by atoms with van der Waals surface area (Å²) < 4.78 is 29.9. The molecule has 62 heavy (non-hydrogen) atoms. The van der Waals surface area contributed by atoms with Crippen LogP contribution in [0, 0.1) is 0 Å². The molecule has 0 heterocycles. The van der Waals surface area contributed by atoms with E-state index >= 15 is 0 Å². The lowest BCUT2D eigenvalue weighted by Crippen LogP contribution is -2.13. The molecule has 8 rings (SSSR count). The Kier molecular flexibility index (Phi) is 14.9. The number of carbonyl (C=O) groups excluding carboxylic acids is 5. The van der Waals surface area contributed by atoms with Gasteiger partial charge in [-0.3, -0.25) is 0 Å². The van der Waals surface area contributed by atoms with Crippen LogP contribution in [0.4, 0.5) is 4.79 Å². The zero-order valence-corrected chi connectivity index (χ0v) is 33.5. The second kappa shape index (κ2) is 21.4. The van der Waals surface area contributed by atoms with Gasteiger partial charge in [0.25, 0.3) is 0 Å². The molecule has 0 aliphatic carbocycles. The van der Waals surface area contributed by atoms with Gasteiger partial charge in [0.15, 0.2) is 0 Å². The molecule has 0 radical (unpaired) electrons. The molecule has 0 amide bonds. The summed E-state index contributed by atoms with van der Waals surface area (Å²) in [5, 5.41) is 3.40. The van der Waals surface area contributed by atoms with E-state index in [1.54, 1.807) is 170 Å². The molecule has 0 aromatic heterocycles. The Morgan fingerprint density at radius 1 is 0.290 bits per heavy atom. The highest BCUT2D eigenvalue weighted by molar-refractivity contribution is 6.00. The third-order valence-corrected chi connectivity index (χ3v) is 8.79. The second-order valence-electron chi connectivity index (χ2n) is 13.0. The molecule has 0 atom stereocenters. The summed E-state index contributed by atoms with van der Waals surface area (Å²) in [6.07, 6.45) is -0.739. The Hall–Kier alpha value is -8.57. The standard InChI is InChI=1S/C24H16O4.C14H12O4.C13H10O3/c25-23(27-21-7-3-1-4-8-21)19-13-11-18-16-20(14-12-17(18)15-19)24(26)28-22-9-5-2-6-10-22;1-17-13(15)11-5-3-10-8-12(14(16)18-2)6-4-9(10)7-11;14-13(15-11-7-3-1-4-8-11)16-12-9-5-2-6-10-12/h1-16H;3-8H,1-2H3;1-10H. The minimum Gasteiger partial charge on any atom is -0.465 e. The predicted molar refractivity (Wildman–Crippen MR) is 233 cm³/mol. The van der Waals surface area contributed by atoms with Gasteiger partial charge in [-0.25, -0.2) is 24.0 Å². The monoisotopic (exact) mass is 826 g/mol. The van der Waals surface area contributed by atoms with Crippen LogP contribution in [0.3, 0.4) is 0 Å². The number of hydrogen-bond donors (Lipinski definition) is 0. The molecular formula is C51H38O11. The van der Waals surface area contributed by atoms with Gasteiger partial charge in [0.2, 0.25) is 0 Å².